The molecule has 0 aliphatic carbocycles. The van der Waals surface area contributed by atoms with Gasteiger partial charge in [-0.15, -0.1) is 0 Å². The molecule has 4 heterocycles. The number of furan rings is 1. The topological polar surface area (TPSA) is 118 Å². The maximum absolute atomic E-state index is 10.9. The molecule has 130 valence electrons. The van der Waals surface area contributed by atoms with E-state index < -0.39 is 6.09 Å². The molecule has 4 rings (SSSR count). The number of carbonyl (C=O) groups is 1. The first-order chi connectivity index (χ1) is 12.2. The molecule has 25 heavy (non-hydrogen) atoms. The van der Waals surface area contributed by atoms with Gasteiger partial charge in [-0.2, -0.15) is 4.98 Å². The average molecular weight is 343 g/mol. The number of rotatable bonds is 4. The van der Waals surface area contributed by atoms with Crippen LogP contribution in [0.2, 0.25) is 0 Å². The molecule has 1 saturated heterocycles. The lowest BCUT2D eigenvalue weighted by Gasteiger charge is -2.30. The molecule has 1 fully saturated rings. The van der Waals surface area contributed by atoms with Gasteiger partial charge in [0.2, 0.25) is 11.7 Å². The molecular formula is C16H17N5O4. The molecule has 2 N–H and O–H groups in total. The van der Waals surface area contributed by atoms with Gasteiger partial charge in [-0.25, -0.2) is 4.79 Å². The maximum atomic E-state index is 10.9. The summed E-state index contributed by atoms with van der Waals surface area (Å²) in [6.07, 6.45) is 4.06. The van der Waals surface area contributed by atoms with Crippen molar-refractivity contribution < 1.29 is 18.8 Å². The Morgan fingerprint density at radius 1 is 1.40 bits per heavy atom. The van der Waals surface area contributed by atoms with E-state index in [1.807, 2.05) is 6.07 Å². The first-order valence-corrected chi connectivity index (χ1v) is 8.07. The second kappa shape index (κ2) is 6.52. The van der Waals surface area contributed by atoms with Crippen molar-refractivity contribution in [1.82, 2.24) is 25.3 Å². The monoisotopic (exact) mass is 343 g/mol. The lowest BCUT2D eigenvalue weighted by atomic mass is 10.1. The number of likely N-dealkylation sites (tertiary alicyclic amines) is 1. The van der Waals surface area contributed by atoms with E-state index in [4.69, 9.17) is 14.0 Å². The predicted octanol–water partition coefficient (Wildman–Crippen LogP) is 2.11. The van der Waals surface area contributed by atoms with E-state index in [0.29, 0.717) is 37.1 Å². The number of amides is 1. The van der Waals surface area contributed by atoms with Gasteiger partial charge in [0.1, 0.15) is 5.58 Å². The van der Waals surface area contributed by atoms with Gasteiger partial charge in [0.15, 0.2) is 5.76 Å². The van der Waals surface area contributed by atoms with E-state index in [9.17, 15) is 4.79 Å². The fraction of sp³-hybridized carbons (Fsp3) is 0.375. The second-order valence-corrected chi connectivity index (χ2v) is 5.96. The van der Waals surface area contributed by atoms with Gasteiger partial charge < -0.3 is 24.3 Å². The zero-order valence-electron chi connectivity index (χ0n) is 13.4. The number of aromatic nitrogens is 3. The summed E-state index contributed by atoms with van der Waals surface area (Å²) >= 11 is 0. The minimum Gasteiger partial charge on any atom is -0.465 e. The molecule has 0 aromatic carbocycles. The third-order valence-corrected chi connectivity index (χ3v) is 4.31. The molecule has 0 spiro atoms. The molecule has 0 radical (unpaired) electrons. The van der Waals surface area contributed by atoms with Crippen LogP contribution in [0.1, 0.15) is 18.7 Å². The van der Waals surface area contributed by atoms with Crippen molar-refractivity contribution in [3.8, 4) is 11.6 Å². The van der Waals surface area contributed by atoms with Crippen molar-refractivity contribution in [2.24, 2.45) is 0 Å². The molecule has 0 bridgehead atoms. The minimum absolute atomic E-state index is 0.239. The first-order valence-electron chi connectivity index (χ1n) is 8.07. The number of nitrogens with zero attached hydrogens (tertiary/aromatic N) is 4. The van der Waals surface area contributed by atoms with Crippen molar-refractivity contribution >= 4 is 17.1 Å². The molecular weight excluding hydrogens is 326 g/mol. The second-order valence-electron chi connectivity index (χ2n) is 5.96. The Hall–Kier alpha value is -2.94. The molecule has 9 heteroatoms. The summed E-state index contributed by atoms with van der Waals surface area (Å²) < 4.78 is 11.0. The lowest BCUT2D eigenvalue weighted by Crippen LogP contribution is -2.44. The highest BCUT2D eigenvalue weighted by Gasteiger charge is 2.22. The molecule has 1 aliphatic heterocycles. The number of nitrogens with one attached hydrogen (secondary N) is 1. The average Bonchev–Trinajstić information content (AvgIpc) is 3.26. The quantitative estimate of drug-likeness (QED) is 0.739. The van der Waals surface area contributed by atoms with E-state index in [0.717, 1.165) is 23.8 Å². The van der Waals surface area contributed by atoms with Gasteiger partial charge in [0.25, 0.3) is 0 Å². The van der Waals surface area contributed by atoms with Crippen LogP contribution in [0.4, 0.5) is 4.79 Å². The first kappa shape index (κ1) is 15.6. The summed E-state index contributed by atoms with van der Waals surface area (Å²) in [7, 11) is 0. The molecule has 1 aliphatic rings. The Morgan fingerprint density at radius 2 is 2.24 bits per heavy atom. The van der Waals surface area contributed by atoms with E-state index in [1.54, 1.807) is 18.5 Å². The highest BCUT2D eigenvalue weighted by atomic mass is 16.5. The summed E-state index contributed by atoms with van der Waals surface area (Å²) in [5, 5.41) is 17.1. The van der Waals surface area contributed by atoms with Crippen LogP contribution in [-0.2, 0) is 6.54 Å². The van der Waals surface area contributed by atoms with Crippen molar-refractivity contribution in [3.63, 3.8) is 0 Å². The molecule has 9 nitrogen and oxygen atoms in total. The highest BCUT2D eigenvalue weighted by Crippen LogP contribution is 2.25. The molecule has 0 saturated carbocycles. The van der Waals surface area contributed by atoms with Crippen LogP contribution in [0.5, 0.6) is 0 Å². The van der Waals surface area contributed by atoms with E-state index in [2.05, 4.69) is 20.4 Å². The number of piperidine rings is 1. The SMILES string of the molecule is O=C(O)N1CCC(NCc2nc(-c3cc4cnccc4o3)no2)CC1. The van der Waals surface area contributed by atoms with Crippen LogP contribution >= 0.6 is 0 Å². The van der Waals surface area contributed by atoms with Crippen LogP contribution in [0.25, 0.3) is 22.6 Å². The van der Waals surface area contributed by atoms with Crippen LogP contribution in [0, 0.1) is 0 Å². The van der Waals surface area contributed by atoms with Crippen LogP contribution in [0.3, 0.4) is 0 Å². The summed E-state index contributed by atoms with van der Waals surface area (Å²) in [5.41, 5.74) is 0.722. The standard InChI is InChI=1S/C16H17N5O4/c22-16(23)21-5-2-11(3-6-21)18-9-14-19-15(20-25-14)13-7-10-8-17-4-1-12(10)24-13/h1,4,7-8,11,18H,2-3,5-6,9H2,(H,22,23). The Labute approximate surface area is 142 Å². The minimum atomic E-state index is -0.860. The summed E-state index contributed by atoms with van der Waals surface area (Å²) in [5.74, 6) is 1.40. The third kappa shape index (κ3) is 3.31. The fourth-order valence-electron chi connectivity index (χ4n) is 2.93. The summed E-state index contributed by atoms with van der Waals surface area (Å²) in [6, 6.07) is 3.85. The maximum Gasteiger partial charge on any atom is 0.407 e. The molecule has 3 aromatic heterocycles. The Bertz CT molecular complexity index is 848. The van der Waals surface area contributed by atoms with Crippen LogP contribution < -0.4 is 5.32 Å². The third-order valence-electron chi connectivity index (χ3n) is 4.31. The Morgan fingerprint density at radius 3 is 3.00 bits per heavy atom. The molecule has 0 atom stereocenters. The van der Waals surface area contributed by atoms with Gasteiger partial charge in [-0.1, -0.05) is 5.16 Å². The number of hydrogen-bond donors (Lipinski definition) is 2. The van der Waals surface area contributed by atoms with Gasteiger partial charge in [-0.05, 0) is 25.0 Å². The summed E-state index contributed by atoms with van der Waals surface area (Å²) in [6.45, 7) is 1.51. The smallest absolute Gasteiger partial charge is 0.407 e. The number of hydrogen-bond acceptors (Lipinski definition) is 7. The highest BCUT2D eigenvalue weighted by molar-refractivity contribution is 5.80. The Balaban J connectivity index is 1.36. The lowest BCUT2D eigenvalue weighted by molar-refractivity contribution is 0.128. The van der Waals surface area contributed by atoms with E-state index >= 15 is 0 Å². The van der Waals surface area contributed by atoms with Gasteiger partial charge in [0.05, 0.1) is 6.54 Å². The van der Waals surface area contributed by atoms with Gasteiger partial charge in [0, 0.05) is 36.9 Å². The number of fused-ring (bicyclic) bond motifs is 1. The Kier molecular flexibility index (Phi) is 4.06. The van der Waals surface area contributed by atoms with E-state index in [-0.39, 0.29) is 6.04 Å². The van der Waals surface area contributed by atoms with Crippen molar-refractivity contribution in [1.29, 1.82) is 0 Å². The molecule has 1 amide bonds. The fourth-order valence-corrected chi connectivity index (χ4v) is 2.93. The zero-order chi connectivity index (χ0) is 17.2. The largest absolute Gasteiger partial charge is 0.465 e. The van der Waals surface area contributed by atoms with Gasteiger partial charge >= 0.3 is 6.09 Å². The predicted molar refractivity (Wildman–Crippen MR) is 86.8 cm³/mol. The summed E-state index contributed by atoms with van der Waals surface area (Å²) in [4.78, 5) is 20.7. The van der Waals surface area contributed by atoms with Crippen molar-refractivity contribution in [3.05, 3.63) is 30.4 Å². The number of carboxylic acid groups (broad SMARTS) is 1. The molecule has 3 aromatic rings. The number of pyridine rings is 1. The van der Waals surface area contributed by atoms with Crippen LogP contribution in [-0.4, -0.2) is 50.4 Å². The van der Waals surface area contributed by atoms with Crippen molar-refractivity contribution in [2.75, 3.05) is 13.1 Å². The van der Waals surface area contributed by atoms with E-state index in [1.165, 1.54) is 4.90 Å². The van der Waals surface area contributed by atoms with Gasteiger partial charge in [-0.3, -0.25) is 4.98 Å². The zero-order valence-corrected chi connectivity index (χ0v) is 13.4. The van der Waals surface area contributed by atoms with Crippen LogP contribution in [0.15, 0.2) is 33.5 Å². The molecule has 0 unspecified atom stereocenters. The normalized spacial score (nSPS) is 15.8. The van der Waals surface area contributed by atoms with Crippen molar-refractivity contribution in [2.45, 2.75) is 25.4 Å².